The summed E-state index contributed by atoms with van der Waals surface area (Å²) < 4.78 is 2.09. The average Bonchev–Trinajstić information content (AvgIpc) is 2.99. The highest BCUT2D eigenvalue weighted by molar-refractivity contribution is 7.98. The lowest BCUT2D eigenvalue weighted by Crippen LogP contribution is -2.00. The zero-order chi connectivity index (χ0) is 16.2. The van der Waals surface area contributed by atoms with Crippen LogP contribution in [0.2, 0.25) is 10.0 Å². The van der Waals surface area contributed by atoms with Crippen molar-refractivity contribution in [1.82, 2.24) is 19.7 Å². The summed E-state index contributed by atoms with van der Waals surface area (Å²) in [5, 5.41) is 10.6. The van der Waals surface area contributed by atoms with Crippen molar-refractivity contribution < 1.29 is 0 Å². The molecule has 4 nitrogen and oxygen atoms in total. The van der Waals surface area contributed by atoms with E-state index in [1.54, 1.807) is 24.2 Å². The fourth-order valence-electron chi connectivity index (χ4n) is 2.17. The van der Waals surface area contributed by atoms with Crippen molar-refractivity contribution in [2.45, 2.75) is 24.4 Å². The van der Waals surface area contributed by atoms with Crippen LogP contribution in [-0.2, 0) is 12.3 Å². The molecule has 0 saturated heterocycles. The van der Waals surface area contributed by atoms with Crippen LogP contribution in [0, 0.1) is 0 Å². The molecule has 0 aliphatic heterocycles. The number of nitrogens with zero attached hydrogens (tertiary/aromatic N) is 4. The van der Waals surface area contributed by atoms with E-state index in [1.807, 2.05) is 30.3 Å². The zero-order valence-corrected chi connectivity index (χ0v) is 14.7. The molecule has 0 amide bonds. The number of benzene rings is 1. The van der Waals surface area contributed by atoms with Gasteiger partial charge in [-0.1, -0.05) is 41.0 Å². The van der Waals surface area contributed by atoms with E-state index >= 15 is 0 Å². The maximum Gasteiger partial charge on any atom is 0.191 e. The molecule has 3 rings (SSSR count). The van der Waals surface area contributed by atoms with Crippen LogP contribution in [0.5, 0.6) is 0 Å². The normalized spacial score (nSPS) is 10.9. The Hall–Kier alpha value is -1.56. The third kappa shape index (κ3) is 3.68. The summed E-state index contributed by atoms with van der Waals surface area (Å²) in [6, 6.07) is 9.53. The molecule has 0 aliphatic rings. The summed E-state index contributed by atoms with van der Waals surface area (Å²) in [4.78, 5) is 4.04. The van der Waals surface area contributed by atoms with Gasteiger partial charge in [-0.25, -0.2) is 0 Å². The molecule has 0 radical (unpaired) electrons. The molecule has 0 fully saturated rings. The number of hydrogen-bond acceptors (Lipinski definition) is 4. The number of pyridine rings is 1. The van der Waals surface area contributed by atoms with Crippen molar-refractivity contribution >= 4 is 35.0 Å². The third-order valence-corrected chi connectivity index (χ3v) is 5.10. The number of rotatable bonds is 5. The Balaban J connectivity index is 1.81. The number of halogens is 2. The van der Waals surface area contributed by atoms with E-state index in [-0.39, 0.29) is 0 Å². The van der Waals surface area contributed by atoms with Gasteiger partial charge in [-0.2, -0.15) is 0 Å². The standard InChI is InChI=1S/C16H14Cl2N4S/c1-2-22-15(12-5-7-19-8-6-12)20-21-16(22)23-10-11-3-4-13(17)14(18)9-11/h3-9H,2,10H2,1H3. The van der Waals surface area contributed by atoms with Gasteiger partial charge >= 0.3 is 0 Å². The van der Waals surface area contributed by atoms with Gasteiger partial charge in [0.2, 0.25) is 0 Å². The van der Waals surface area contributed by atoms with E-state index in [1.165, 1.54) is 0 Å². The van der Waals surface area contributed by atoms with E-state index in [2.05, 4.69) is 26.7 Å². The minimum Gasteiger partial charge on any atom is -0.302 e. The summed E-state index contributed by atoms with van der Waals surface area (Å²) in [6.45, 7) is 2.88. The highest BCUT2D eigenvalue weighted by atomic mass is 35.5. The molecule has 0 spiro atoms. The minimum atomic E-state index is 0.567. The predicted molar refractivity (Wildman–Crippen MR) is 95.0 cm³/mol. The maximum atomic E-state index is 6.06. The first-order chi connectivity index (χ1) is 11.2. The first kappa shape index (κ1) is 16.3. The molecule has 0 N–H and O–H groups in total. The highest BCUT2D eigenvalue weighted by Crippen LogP contribution is 2.28. The van der Waals surface area contributed by atoms with E-state index < -0.39 is 0 Å². The molecule has 0 unspecified atom stereocenters. The summed E-state index contributed by atoms with van der Waals surface area (Å²) in [5.74, 6) is 1.61. The van der Waals surface area contributed by atoms with E-state index in [0.717, 1.165) is 34.4 Å². The predicted octanol–water partition coefficient (Wildman–Crippen LogP) is 4.96. The first-order valence-corrected chi connectivity index (χ1v) is 8.83. The van der Waals surface area contributed by atoms with Crippen molar-refractivity contribution in [3.05, 3.63) is 58.3 Å². The molecule has 0 aliphatic carbocycles. The summed E-state index contributed by atoms with van der Waals surface area (Å²) in [7, 11) is 0. The highest BCUT2D eigenvalue weighted by Gasteiger charge is 2.13. The third-order valence-electron chi connectivity index (χ3n) is 3.32. The largest absolute Gasteiger partial charge is 0.302 e. The molecule has 1 aromatic carbocycles. The Morgan fingerprint density at radius 1 is 1.04 bits per heavy atom. The Morgan fingerprint density at radius 2 is 1.83 bits per heavy atom. The number of thioether (sulfide) groups is 1. The van der Waals surface area contributed by atoms with Gasteiger partial charge in [-0.05, 0) is 36.8 Å². The second kappa shape index (κ2) is 7.34. The Kier molecular flexibility index (Phi) is 5.20. The first-order valence-electron chi connectivity index (χ1n) is 7.09. The fourth-order valence-corrected chi connectivity index (χ4v) is 3.44. The van der Waals surface area contributed by atoms with Crippen LogP contribution in [0.3, 0.4) is 0 Å². The van der Waals surface area contributed by atoms with Crippen LogP contribution in [-0.4, -0.2) is 19.7 Å². The SMILES string of the molecule is CCn1c(SCc2ccc(Cl)c(Cl)c2)nnc1-c1ccncc1. The Labute approximate surface area is 148 Å². The molecule has 2 heterocycles. The van der Waals surface area contributed by atoms with Crippen LogP contribution in [0.1, 0.15) is 12.5 Å². The van der Waals surface area contributed by atoms with Crippen molar-refractivity contribution in [1.29, 1.82) is 0 Å². The molecule has 0 saturated carbocycles. The van der Waals surface area contributed by atoms with Gasteiger partial charge in [-0.15, -0.1) is 10.2 Å². The fraction of sp³-hybridized carbons (Fsp3) is 0.188. The maximum absolute atomic E-state index is 6.06. The van der Waals surface area contributed by atoms with Gasteiger partial charge in [0.25, 0.3) is 0 Å². The summed E-state index contributed by atoms with van der Waals surface area (Å²) in [6.07, 6.45) is 3.51. The lowest BCUT2D eigenvalue weighted by molar-refractivity contribution is 0.687. The molecule has 118 valence electrons. The van der Waals surface area contributed by atoms with Gasteiger partial charge in [0.15, 0.2) is 11.0 Å². The second-order valence-electron chi connectivity index (χ2n) is 4.82. The number of aromatic nitrogens is 4. The molecular weight excluding hydrogens is 351 g/mol. The van der Waals surface area contributed by atoms with Gasteiger partial charge in [0.1, 0.15) is 0 Å². The van der Waals surface area contributed by atoms with Gasteiger partial charge in [0, 0.05) is 30.3 Å². The van der Waals surface area contributed by atoms with Crippen molar-refractivity contribution in [3.63, 3.8) is 0 Å². The van der Waals surface area contributed by atoms with Crippen molar-refractivity contribution in [2.75, 3.05) is 0 Å². The zero-order valence-electron chi connectivity index (χ0n) is 12.4. The Morgan fingerprint density at radius 3 is 2.52 bits per heavy atom. The van der Waals surface area contributed by atoms with E-state index in [0.29, 0.717) is 10.0 Å². The monoisotopic (exact) mass is 364 g/mol. The topological polar surface area (TPSA) is 43.6 Å². The minimum absolute atomic E-state index is 0.567. The van der Waals surface area contributed by atoms with Crippen molar-refractivity contribution in [3.8, 4) is 11.4 Å². The quantitative estimate of drug-likeness (QED) is 0.600. The summed E-state index contributed by atoms with van der Waals surface area (Å²) in [5.41, 5.74) is 2.11. The molecule has 23 heavy (non-hydrogen) atoms. The number of hydrogen-bond donors (Lipinski definition) is 0. The van der Waals surface area contributed by atoms with Crippen molar-refractivity contribution in [2.24, 2.45) is 0 Å². The molecule has 2 aromatic heterocycles. The molecule has 3 aromatic rings. The lowest BCUT2D eigenvalue weighted by atomic mass is 10.2. The second-order valence-corrected chi connectivity index (χ2v) is 6.58. The van der Waals surface area contributed by atoms with Gasteiger partial charge < -0.3 is 4.57 Å². The van der Waals surface area contributed by atoms with Crippen LogP contribution in [0.4, 0.5) is 0 Å². The van der Waals surface area contributed by atoms with Gasteiger partial charge in [0.05, 0.1) is 10.0 Å². The van der Waals surface area contributed by atoms with Gasteiger partial charge in [-0.3, -0.25) is 4.98 Å². The van der Waals surface area contributed by atoms with E-state index in [4.69, 9.17) is 23.2 Å². The lowest BCUT2D eigenvalue weighted by Gasteiger charge is -2.07. The average molecular weight is 365 g/mol. The molecule has 0 bridgehead atoms. The Bertz CT molecular complexity index is 805. The van der Waals surface area contributed by atoms with E-state index in [9.17, 15) is 0 Å². The molecular formula is C16H14Cl2N4S. The van der Waals surface area contributed by atoms with Crippen LogP contribution < -0.4 is 0 Å². The summed E-state index contributed by atoms with van der Waals surface area (Å²) >= 11 is 13.6. The van der Waals surface area contributed by atoms with Crippen LogP contribution in [0.25, 0.3) is 11.4 Å². The van der Waals surface area contributed by atoms with Crippen LogP contribution in [0.15, 0.2) is 47.9 Å². The van der Waals surface area contributed by atoms with Crippen LogP contribution >= 0.6 is 35.0 Å². The smallest absolute Gasteiger partial charge is 0.191 e. The molecule has 0 atom stereocenters. The molecule has 7 heteroatoms.